The van der Waals surface area contributed by atoms with Gasteiger partial charge in [0.1, 0.15) is 13.1 Å². The van der Waals surface area contributed by atoms with Gasteiger partial charge in [-0.3, -0.25) is 4.79 Å². The highest BCUT2D eigenvalue weighted by Crippen LogP contribution is 2.16. The lowest BCUT2D eigenvalue weighted by molar-refractivity contribution is -0.934. The number of nitrogens with zero attached hydrogens (tertiary/aromatic N) is 1. The Labute approximate surface area is 118 Å². The number of thiophene rings is 1. The molecule has 4 nitrogen and oxygen atoms in total. The van der Waals surface area contributed by atoms with Crippen LogP contribution in [0.15, 0.2) is 17.5 Å². The SMILES string of the molecule is O=C(c1cccs1)N1CCC([NH+]2CCOCC2)CC1. The highest BCUT2D eigenvalue weighted by Gasteiger charge is 2.30. The van der Waals surface area contributed by atoms with Crippen LogP contribution in [0.25, 0.3) is 0 Å². The van der Waals surface area contributed by atoms with E-state index in [-0.39, 0.29) is 5.91 Å². The number of likely N-dealkylation sites (tertiary alicyclic amines) is 1. The van der Waals surface area contributed by atoms with Gasteiger partial charge in [0.2, 0.25) is 0 Å². The molecule has 0 bridgehead atoms. The second-order valence-electron chi connectivity index (χ2n) is 5.31. The van der Waals surface area contributed by atoms with Gasteiger partial charge in [-0.25, -0.2) is 0 Å². The molecule has 19 heavy (non-hydrogen) atoms. The molecule has 0 spiro atoms. The summed E-state index contributed by atoms with van der Waals surface area (Å²) in [7, 11) is 0. The van der Waals surface area contributed by atoms with Gasteiger partial charge in [-0.2, -0.15) is 0 Å². The molecule has 1 N–H and O–H groups in total. The number of carbonyl (C=O) groups excluding carboxylic acids is 1. The van der Waals surface area contributed by atoms with Crippen molar-refractivity contribution in [2.24, 2.45) is 0 Å². The third-order valence-corrected chi connectivity index (χ3v) is 5.08. The molecule has 0 radical (unpaired) electrons. The Morgan fingerprint density at radius 3 is 2.68 bits per heavy atom. The number of rotatable bonds is 2. The Kier molecular flexibility index (Phi) is 4.15. The molecule has 1 aromatic heterocycles. The molecule has 3 rings (SSSR count). The average Bonchev–Trinajstić information content (AvgIpc) is 3.02. The molecule has 2 saturated heterocycles. The first-order chi connectivity index (χ1) is 9.34. The van der Waals surface area contributed by atoms with Crippen LogP contribution in [0.5, 0.6) is 0 Å². The van der Waals surface area contributed by atoms with Gasteiger partial charge >= 0.3 is 0 Å². The second kappa shape index (κ2) is 6.03. The standard InChI is InChI=1S/C14H20N2O2S/c17-14(13-2-1-11-19-13)16-5-3-12(4-6-16)15-7-9-18-10-8-15/h1-2,11-12H,3-10H2/p+1. The van der Waals surface area contributed by atoms with E-state index in [1.807, 2.05) is 22.4 Å². The third-order valence-electron chi connectivity index (χ3n) is 4.23. The third kappa shape index (κ3) is 2.99. The Morgan fingerprint density at radius 2 is 2.05 bits per heavy atom. The van der Waals surface area contributed by atoms with Crippen molar-refractivity contribution in [3.63, 3.8) is 0 Å². The lowest BCUT2D eigenvalue weighted by Gasteiger charge is -2.37. The Bertz CT molecular complexity index is 407. The van der Waals surface area contributed by atoms with Crippen LogP contribution in [0.3, 0.4) is 0 Å². The van der Waals surface area contributed by atoms with Crippen molar-refractivity contribution in [3.8, 4) is 0 Å². The fourth-order valence-electron chi connectivity index (χ4n) is 3.09. The summed E-state index contributed by atoms with van der Waals surface area (Å²) in [6.45, 7) is 5.86. The van der Waals surface area contributed by atoms with Gasteiger partial charge in [0.05, 0.1) is 24.1 Å². The highest BCUT2D eigenvalue weighted by atomic mass is 32.1. The van der Waals surface area contributed by atoms with E-state index in [4.69, 9.17) is 4.74 Å². The Balaban J connectivity index is 1.53. The summed E-state index contributed by atoms with van der Waals surface area (Å²) in [6, 6.07) is 4.59. The minimum absolute atomic E-state index is 0.213. The topological polar surface area (TPSA) is 34.0 Å². The summed E-state index contributed by atoms with van der Waals surface area (Å²) in [5, 5.41) is 1.97. The van der Waals surface area contributed by atoms with E-state index in [9.17, 15) is 4.79 Å². The van der Waals surface area contributed by atoms with Crippen LogP contribution in [0.2, 0.25) is 0 Å². The van der Waals surface area contributed by atoms with Crippen molar-refractivity contribution < 1.29 is 14.4 Å². The van der Waals surface area contributed by atoms with E-state index in [0.29, 0.717) is 0 Å². The highest BCUT2D eigenvalue weighted by molar-refractivity contribution is 7.12. The molecule has 0 aliphatic carbocycles. The predicted molar refractivity (Wildman–Crippen MR) is 74.8 cm³/mol. The van der Waals surface area contributed by atoms with E-state index >= 15 is 0 Å². The molecule has 2 aliphatic rings. The fourth-order valence-corrected chi connectivity index (χ4v) is 3.78. The molecule has 1 amide bonds. The number of amides is 1. The monoisotopic (exact) mass is 281 g/mol. The molecule has 5 heteroatoms. The number of piperidine rings is 1. The Hall–Kier alpha value is -0.910. The summed E-state index contributed by atoms with van der Waals surface area (Å²) >= 11 is 1.54. The molecule has 2 aliphatic heterocycles. The summed E-state index contributed by atoms with van der Waals surface area (Å²) in [5.74, 6) is 0.213. The number of quaternary nitrogens is 1. The zero-order valence-electron chi connectivity index (χ0n) is 11.1. The lowest BCUT2D eigenvalue weighted by Crippen LogP contribution is -3.18. The first kappa shape index (κ1) is 13.1. The normalized spacial score (nSPS) is 22.6. The molecule has 0 unspecified atom stereocenters. The number of hydrogen-bond acceptors (Lipinski definition) is 3. The van der Waals surface area contributed by atoms with E-state index in [0.717, 1.165) is 63.2 Å². The number of morpholine rings is 1. The summed E-state index contributed by atoms with van der Waals surface area (Å²) in [5.41, 5.74) is 0. The fraction of sp³-hybridized carbons (Fsp3) is 0.643. The van der Waals surface area contributed by atoms with Gasteiger partial charge in [0, 0.05) is 25.9 Å². The first-order valence-corrected chi connectivity index (χ1v) is 7.97. The van der Waals surface area contributed by atoms with Crippen molar-refractivity contribution in [1.82, 2.24) is 4.90 Å². The van der Waals surface area contributed by atoms with Crippen LogP contribution in [-0.2, 0) is 4.74 Å². The largest absolute Gasteiger partial charge is 0.370 e. The quantitative estimate of drug-likeness (QED) is 0.844. The minimum atomic E-state index is 0.213. The number of carbonyl (C=O) groups is 1. The van der Waals surface area contributed by atoms with Crippen LogP contribution in [0.1, 0.15) is 22.5 Å². The number of nitrogens with one attached hydrogen (secondary N) is 1. The van der Waals surface area contributed by atoms with Crippen LogP contribution in [0.4, 0.5) is 0 Å². The molecular weight excluding hydrogens is 260 g/mol. The van der Waals surface area contributed by atoms with Gasteiger partial charge in [0.15, 0.2) is 0 Å². The van der Waals surface area contributed by atoms with E-state index in [1.165, 1.54) is 0 Å². The summed E-state index contributed by atoms with van der Waals surface area (Å²) < 4.78 is 5.41. The van der Waals surface area contributed by atoms with Crippen LogP contribution in [-0.4, -0.2) is 56.2 Å². The van der Waals surface area contributed by atoms with Gasteiger partial charge in [-0.15, -0.1) is 11.3 Å². The lowest BCUT2D eigenvalue weighted by atomic mass is 10.0. The molecular formula is C14H21N2O2S+. The van der Waals surface area contributed by atoms with Crippen LogP contribution >= 0.6 is 11.3 Å². The first-order valence-electron chi connectivity index (χ1n) is 7.09. The summed E-state index contributed by atoms with van der Waals surface area (Å²) in [6.07, 6.45) is 2.26. The molecule has 3 heterocycles. The molecule has 0 aromatic carbocycles. The van der Waals surface area contributed by atoms with Gasteiger partial charge in [-0.1, -0.05) is 6.07 Å². The van der Waals surface area contributed by atoms with Gasteiger partial charge in [-0.05, 0) is 11.4 Å². The molecule has 0 atom stereocenters. The zero-order valence-corrected chi connectivity index (χ0v) is 12.0. The zero-order chi connectivity index (χ0) is 13.1. The van der Waals surface area contributed by atoms with Crippen molar-refractivity contribution >= 4 is 17.2 Å². The number of hydrogen-bond donors (Lipinski definition) is 1. The van der Waals surface area contributed by atoms with Crippen molar-refractivity contribution in [2.75, 3.05) is 39.4 Å². The molecule has 0 saturated carbocycles. The maximum absolute atomic E-state index is 12.3. The molecule has 104 valence electrons. The van der Waals surface area contributed by atoms with Gasteiger partial charge < -0.3 is 14.5 Å². The predicted octanol–water partition coefficient (Wildman–Crippen LogP) is 0.268. The van der Waals surface area contributed by atoms with E-state index in [1.54, 1.807) is 16.2 Å². The minimum Gasteiger partial charge on any atom is -0.370 e. The average molecular weight is 281 g/mol. The second-order valence-corrected chi connectivity index (χ2v) is 6.26. The summed E-state index contributed by atoms with van der Waals surface area (Å²) in [4.78, 5) is 16.8. The molecule has 2 fully saturated rings. The van der Waals surface area contributed by atoms with Crippen molar-refractivity contribution in [2.45, 2.75) is 18.9 Å². The van der Waals surface area contributed by atoms with E-state index < -0.39 is 0 Å². The van der Waals surface area contributed by atoms with Gasteiger partial charge in [0.25, 0.3) is 5.91 Å². The smallest absolute Gasteiger partial charge is 0.263 e. The van der Waals surface area contributed by atoms with Crippen molar-refractivity contribution in [1.29, 1.82) is 0 Å². The van der Waals surface area contributed by atoms with E-state index in [2.05, 4.69) is 0 Å². The van der Waals surface area contributed by atoms with Crippen LogP contribution in [0, 0.1) is 0 Å². The maximum atomic E-state index is 12.3. The van der Waals surface area contributed by atoms with Crippen LogP contribution < -0.4 is 4.90 Å². The van der Waals surface area contributed by atoms with Crippen molar-refractivity contribution in [3.05, 3.63) is 22.4 Å². The number of ether oxygens (including phenoxy) is 1. The Morgan fingerprint density at radius 1 is 1.32 bits per heavy atom. The maximum Gasteiger partial charge on any atom is 0.263 e. The molecule has 1 aromatic rings.